The molecule has 1 aliphatic heterocycles. The van der Waals surface area contributed by atoms with E-state index in [1.807, 2.05) is 4.57 Å². The fourth-order valence-electron chi connectivity index (χ4n) is 3.69. The molecule has 0 aliphatic carbocycles. The number of ether oxygens (including phenoxy) is 3. The lowest BCUT2D eigenvalue weighted by Gasteiger charge is -2.21. The Balaban J connectivity index is 0.000000934. The highest BCUT2D eigenvalue weighted by atomic mass is 35.5. The molecular formula is C24H35ClN8O4S. The van der Waals surface area contributed by atoms with E-state index in [0.29, 0.717) is 46.5 Å². The average molecular weight is 567 g/mol. The number of hydrogen-bond acceptors (Lipinski definition) is 12. The predicted molar refractivity (Wildman–Crippen MR) is 146 cm³/mol. The van der Waals surface area contributed by atoms with E-state index < -0.39 is 0 Å². The van der Waals surface area contributed by atoms with Gasteiger partial charge in [0.2, 0.25) is 17.7 Å². The normalized spacial score (nSPS) is 17.1. The summed E-state index contributed by atoms with van der Waals surface area (Å²) in [4.78, 5) is 17.1. The fourth-order valence-corrected chi connectivity index (χ4v) is 4.46. The number of aliphatic hydroxyl groups excluding tert-OH is 1. The van der Waals surface area contributed by atoms with Crippen LogP contribution in [-0.4, -0.2) is 71.0 Å². The first-order chi connectivity index (χ1) is 18.0. The van der Waals surface area contributed by atoms with Gasteiger partial charge in [-0.2, -0.15) is 9.97 Å². The maximum absolute atomic E-state index is 8.06. The number of hydrogen-bond donors (Lipinski definition) is 2. The lowest BCUT2D eigenvalue weighted by Crippen LogP contribution is -2.19. The number of nitrogens with one attached hydrogen (secondary N) is 1. The first kappa shape index (κ1) is 29.8. The lowest BCUT2D eigenvalue weighted by molar-refractivity contribution is -0.0207. The summed E-state index contributed by atoms with van der Waals surface area (Å²) in [5.74, 6) is 2.47. The molecule has 4 heterocycles. The lowest BCUT2D eigenvalue weighted by atomic mass is 10.1. The van der Waals surface area contributed by atoms with Crippen LogP contribution >= 0.6 is 23.5 Å². The summed E-state index contributed by atoms with van der Waals surface area (Å²) in [6.07, 6.45) is 6.49. The van der Waals surface area contributed by atoms with Gasteiger partial charge in [0.15, 0.2) is 11.5 Å². The van der Waals surface area contributed by atoms with Crippen LogP contribution in [0.15, 0.2) is 18.7 Å². The Hall–Kier alpha value is -2.74. The molecule has 0 saturated carbocycles. The monoisotopic (exact) mass is 566 g/mol. The molecule has 14 heteroatoms. The Morgan fingerprint density at radius 2 is 1.74 bits per heavy atom. The zero-order valence-electron chi connectivity index (χ0n) is 22.7. The molecule has 2 atom stereocenters. The Kier molecular flexibility index (Phi) is 10.5. The van der Waals surface area contributed by atoms with Crippen molar-refractivity contribution in [3.05, 3.63) is 35.4 Å². The molecule has 1 saturated heterocycles. The third kappa shape index (κ3) is 7.88. The fraction of sp³-hybridized carbons (Fsp3) is 0.583. The number of aromatic nitrogens is 7. The van der Waals surface area contributed by atoms with Gasteiger partial charge in [-0.25, -0.2) is 9.97 Å². The minimum absolute atomic E-state index is 0.118. The molecule has 12 nitrogen and oxygen atoms in total. The van der Waals surface area contributed by atoms with Crippen molar-refractivity contribution in [2.24, 2.45) is 0 Å². The van der Waals surface area contributed by atoms with Crippen LogP contribution in [0.5, 0.6) is 11.8 Å². The van der Waals surface area contributed by atoms with Gasteiger partial charge in [0, 0.05) is 30.2 Å². The summed E-state index contributed by atoms with van der Waals surface area (Å²) in [5, 5.41) is 17.6. The Bertz CT molecular complexity index is 1150. The van der Waals surface area contributed by atoms with Gasteiger partial charge in [-0.05, 0) is 52.5 Å². The predicted octanol–water partition coefficient (Wildman–Crippen LogP) is 4.23. The number of nitrogens with zero attached hydrogens (tertiary/aromatic N) is 7. The number of aliphatic hydroxyl groups is 1. The molecule has 2 unspecified atom stereocenters. The van der Waals surface area contributed by atoms with E-state index >= 15 is 0 Å². The maximum atomic E-state index is 8.06. The van der Waals surface area contributed by atoms with E-state index in [1.54, 1.807) is 40.5 Å². The van der Waals surface area contributed by atoms with Crippen molar-refractivity contribution in [2.45, 2.75) is 76.9 Å². The zero-order chi connectivity index (χ0) is 27.9. The van der Waals surface area contributed by atoms with Crippen molar-refractivity contribution < 1.29 is 19.3 Å². The first-order valence-electron chi connectivity index (χ1n) is 12.2. The highest BCUT2D eigenvalue weighted by Gasteiger charge is 2.37. The van der Waals surface area contributed by atoms with Crippen molar-refractivity contribution in [3.8, 4) is 17.4 Å². The molecule has 38 heavy (non-hydrogen) atoms. The van der Waals surface area contributed by atoms with Gasteiger partial charge in [-0.3, -0.25) is 9.29 Å². The van der Waals surface area contributed by atoms with Crippen LogP contribution in [0, 0.1) is 0 Å². The van der Waals surface area contributed by atoms with Crippen molar-refractivity contribution in [1.29, 1.82) is 0 Å². The van der Waals surface area contributed by atoms with Gasteiger partial charge in [-0.1, -0.05) is 18.5 Å². The summed E-state index contributed by atoms with van der Waals surface area (Å²) in [6, 6.07) is 0. The quantitative estimate of drug-likeness (QED) is 0.358. The molecule has 2 N–H and O–H groups in total. The van der Waals surface area contributed by atoms with E-state index in [1.165, 1.54) is 18.3 Å². The van der Waals surface area contributed by atoms with E-state index in [4.69, 9.17) is 30.9 Å². The molecule has 0 amide bonds. The second kappa shape index (κ2) is 13.4. The minimum Gasteiger partial charge on any atom is -0.479 e. The van der Waals surface area contributed by atoms with Crippen LogP contribution in [0.3, 0.4) is 0 Å². The molecule has 208 valence electrons. The maximum Gasteiger partial charge on any atom is 0.245 e. The molecule has 4 rings (SSSR count). The molecule has 0 aromatic carbocycles. The highest BCUT2D eigenvalue weighted by Crippen LogP contribution is 2.42. The third-order valence-corrected chi connectivity index (χ3v) is 6.37. The summed E-state index contributed by atoms with van der Waals surface area (Å²) in [6.45, 7) is 9.64. The van der Waals surface area contributed by atoms with Crippen molar-refractivity contribution in [2.75, 3.05) is 18.9 Å². The highest BCUT2D eigenvalue weighted by molar-refractivity contribution is 8.01. The minimum atomic E-state index is -0.252. The molecule has 3 aromatic heterocycles. The molecule has 0 bridgehead atoms. The summed E-state index contributed by atoms with van der Waals surface area (Å²) >= 11 is 7.36. The Labute approximate surface area is 232 Å². The SMILES string of the molecule is CC(C)O.COc1ncnc(OC)c1-n1c(NSC(C)Cc2ncc(Cl)cn2)nnc1C1CCC(C)(C)O1. The van der Waals surface area contributed by atoms with Crippen LogP contribution in [0.1, 0.15) is 65.2 Å². The number of halogens is 1. The summed E-state index contributed by atoms with van der Waals surface area (Å²) in [7, 11) is 3.08. The standard InChI is InChI=1S/C21H27ClN8O3S.C3H8O/c1-12(8-15-23-9-13(22)10-24-15)34-29-20-28-27-17(14-6-7-21(2,3)33-14)30(20)16-18(31-4)25-11-26-19(16)32-5;1-3(2)4/h9-12,14H,6-8H2,1-5H3,(H,28,29);3-4H,1-2H3. The second-order valence-electron chi connectivity index (χ2n) is 9.51. The van der Waals surface area contributed by atoms with Crippen molar-refractivity contribution in [3.63, 3.8) is 0 Å². The molecule has 0 spiro atoms. The van der Waals surface area contributed by atoms with Crippen LogP contribution in [-0.2, 0) is 11.2 Å². The van der Waals surface area contributed by atoms with E-state index in [2.05, 4.69) is 55.6 Å². The zero-order valence-corrected chi connectivity index (χ0v) is 24.2. The molecular weight excluding hydrogens is 532 g/mol. The smallest absolute Gasteiger partial charge is 0.245 e. The summed E-state index contributed by atoms with van der Waals surface area (Å²) < 4.78 is 22.4. The van der Waals surface area contributed by atoms with Gasteiger partial charge < -0.3 is 19.3 Å². The van der Waals surface area contributed by atoms with Crippen LogP contribution in [0.2, 0.25) is 5.02 Å². The summed E-state index contributed by atoms with van der Waals surface area (Å²) in [5.41, 5.74) is 0.246. The molecule has 0 radical (unpaired) electrons. The van der Waals surface area contributed by atoms with Gasteiger partial charge in [0.05, 0.1) is 24.8 Å². The van der Waals surface area contributed by atoms with Crippen molar-refractivity contribution >= 4 is 29.5 Å². The van der Waals surface area contributed by atoms with Crippen LogP contribution < -0.4 is 14.2 Å². The molecule has 1 aliphatic rings. The Morgan fingerprint density at radius 1 is 1.13 bits per heavy atom. The Morgan fingerprint density at radius 3 is 2.26 bits per heavy atom. The van der Waals surface area contributed by atoms with Crippen molar-refractivity contribution in [1.82, 2.24) is 34.7 Å². The number of methoxy groups -OCH3 is 2. The van der Waals surface area contributed by atoms with E-state index in [9.17, 15) is 0 Å². The van der Waals surface area contributed by atoms with E-state index in [-0.39, 0.29) is 23.1 Å². The van der Waals surface area contributed by atoms with Gasteiger partial charge >= 0.3 is 0 Å². The van der Waals surface area contributed by atoms with Crippen LogP contribution in [0.4, 0.5) is 5.95 Å². The first-order valence-corrected chi connectivity index (χ1v) is 13.4. The topological polar surface area (TPSA) is 142 Å². The van der Waals surface area contributed by atoms with Gasteiger partial charge in [0.1, 0.15) is 18.3 Å². The van der Waals surface area contributed by atoms with Gasteiger partial charge in [-0.15, -0.1) is 10.2 Å². The largest absolute Gasteiger partial charge is 0.479 e. The molecule has 3 aromatic rings. The second-order valence-corrected chi connectivity index (χ2v) is 11.2. The van der Waals surface area contributed by atoms with Gasteiger partial charge in [0.25, 0.3) is 0 Å². The number of rotatable bonds is 9. The van der Waals surface area contributed by atoms with Crippen LogP contribution in [0.25, 0.3) is 5.69 Å². The average Bonchev–Trinajstić information content (AvgIpc) is 3.45. The number of anilines is 1. The third-order valence-electron chi connectivity index (χ3n) is 5.31. The van der Waals surface area contributed by atoms with E-state index in [0.717, 1.165) is 12.8 Å². The molecule has 1 fully saturated rings.